The first-order valence-electron chi connectivity index (χ1n) is 5.63. The molecule has 0 bridgehead atoms. The summed E-state index contributed by atoms with van der Waals surface area (Å²) in [5, 5.41) is 0. The van der Waals surface area contributed by atoms with E-state index in [9.17, 15) is 16.8 Å². The van der Waals surface area contributed by atoms with E-state index in [4.69, 9.17) is 4.18 Å². The molecular weight excluding hydrogens is 290 g/mol. The minimum Gasteiger partial charge on any atom is -0.260 e. The highest BCUT2D eigenvalue weighted by Gasteiger charge is 2.37. The molecule has 1 heterocycles. The van der Waals surface area contributed by atoms with E-state index in [1.165, 1.54) is 16.4 Å². The van der Waals surface area contributed by atoms with E-state index in [-0.39, 0.29) is 18.0 Å². The van der Waals surface area contributed by atoms with E-state index in [1.807, 2.05) is 6.92 Å². The summed E-state index contributed by atoms with van der Waals surface area (Å²) in [6, 6.07) is 6.30. The highest BCUT2D eigenvalue weighted by atomic mass is 32.2. The molecule has 0 spiro atoms. The van der Waals surface area contributed by atoms with Crippen LogP contribution in [0.5, 0.6) is 0 Å². The molecule has 106 valence electrons. The Bertz CT molecular complexity index is 658. The molecule has 0 aliphatic carbocycles. The monoisotopic (exact) mass is 305 g/mol. The van der Waals surface area contributed by atoms with Crippen LogP contribution < -0.4 is 0 Å². The van der Waals surface area contributed by atoms with E-state index in [2.05, 4.69) is 0 Å². The van der Waals surface area contributed by atoms with Gasteiger partial charge in [-0.05, 0) is 19.1 Å². The van der Waals surface area contributed by atoms with Gasteiger partial charge in [-0.3, -0.25) is 4.18 Å². The molecule has 0 N–H and O–H groups in total. The fraction of sp³-hybridized carbons (Fsp3) is 0.455. The predicted molar refractivity (Wildman–Crippen MR) is 69.7 cm³/mol. The molecule has 1 aliphatic heterocycles. The van der Waals surface area contributed by atoms with Gasteiger partial charge < -0.3 is 0 Å². The van der Waals surface area contributed by atoms with E-state index in [0.29, 0.717) is 0 Å². The van der Waals surface area contributed by atoms with Crippen molar-refractivity contribution in [3.8, 4) is 0 Å². The van der Waals surface area contributed by atoms with Crippen LogP contribution in [0.4, 0.5) is 0 Å². The Labute approximate surface area is 113 Å². The molecule has 19 heavy (non-hydrogen) atoms. The molecule has 0 aromatic heterocycles. The second kappa shape index (κ2) is 4.86. The fourth-order valence-electron chi connectivity index (χ4n) is 1.67. The number of nitrogens with zero attached hydrogens (tertiary/aromatic N) is 1. The maximum Gasteiger partial charge on any atom is 0.297 e. The van der Waals surface area contributed by atoms with Crippen LogP contribution in [0.2, 0.25) is 0 Å². The normalized spacial score (nSPS) is 18.2. The minimum atomic E-state index is -3.83. The quantitative estimate of drug-likeness (QED) is 0.750. The van der Waals surface area contributed by atoms with Gasteiger partial charge in [0.2, 0.25) is 10.0 Å². The number of hydrogen-bond donors (Lipinski definition) is 0. The summed E-state index contributed by atoms with van der Waals surface area (Å²) in [4.78, 5) is 0.0795. The Morgan fingerprint density at radius 3 is 2.11 bits per heavy atom. The number of hydrogen-bond acceptors (Lipinski definition) is 5. The summed E-state index contributed by atoms with van der Waals surface area (Å²) in [5.41, 5.74) is 0.950. The summed E-state index contributed by atoms with van der Waals surface area (Å²) < 4.78 is 52.3. The van der Waals surface area contributed by atoms with Gasteiger partial charge in [-0.25, -0.2) is 8.42 Å². The van der Waals surface area contributed by atoms with Gasteiger partial charge in [-0.2, -0.15) is 12.7 Å². The van der Waals surface area contributed by atoms with Crippen LogP contribution in [-0.4, -0.2) is 46.6 Å². The maximum absolute atomic E-state index is 11.9. The van der Waals surface area contributed by atoms with Crippen molar-refractivity contribution < 1.29 is 21.0 Å². The third-order valence-corrected chi connectivity index (χ3v) is 5.47. The maximum atomic E-state index is 11.9. The van der Waals surface area contributed by atoms with Crippen molar-refractivity contribution in [2.75, 3.05) is 19.3 Å². The molecule has 0 amide bonds. The lowest BCUT2D eigenvalue weighted by Crippen LogP contribution is -2.54. The summed E-state index contributed by atoms with van der Waals surface area (Å²) in [5.74, 6) is 0. The third-order valence-electron chi connectivity index (χ3n) is 2.86. The van der Waals surface area contributed by atoms with Crippen molar-refractivity contribution in [3.05, 3.63) is 29.8 Å². The van der Waals surface area contributed by atoms with Crippen molar-refractivity contribution in [2.45, 2.75) is 17.9 Å². The lowest BCUT2D eigenvalue weighted by atomic mass is 10.2. The van der Waals surface area contributed by atoms with Crippen molar-refractivity contribution >= 4 is 20.1 Å². The van der Waals surface area contributed by atoms with Gasteiger partial charge in [0.05, 0.1) is 11.2 Å². The Hall–Kier alpha value is -0.960. The molecule has 2 rings (SSSR count). The lowest BCUT2D eigenvalue weighted by molar-refractivity contribution is 0.0825. The Morgan fingerprint density at radius 1 is 1.11 bits per heavy atom. The smallest absolute Gasteiger partial charge is 0.260 e. The average molecular weight is 305 g/mol. The third kappa shape index (κ3) is 3.33. The molecule has 1 aromatic carbocycles. The SMILES string of the molecule is Cc1ccc(S(=O)(=O)OC2CN(S(C)(=O)=O)C2)cc1. The van der Waals surface area contributed by atoms with Crippen LogP contribution in [0.15, 0.2) is 29.2 Å². The molecule has 0 radical (unpaired) electrons. The Kier molecular flexibility index (Phi) is 3.69. The summed E-state index contributed by atoms with van der Waals surface area (Å²) >= 11 is 0. The zero-order valence-electron chi connectivity index (χ0n) is 10.6. The first-order chi connectivity index (χ1) is 8.68. The molecule has 1 aromatic rings. The van der Waals surface area contributed by atoms with Crippen LogP contribution in [0.25, 0.3) is 0 Å². The van der Waals surface area contributed by atoms with Crippen LogP contribution in [0, 0.1) is 6.92 Å². The topological polar surface area (TPSA) is 80.8 Å². The van der Waals surface area contributed by atoms with Gasteiger partial charge >= 0.3 is 0 Å². The highest BCUT2D eigenvalue weighted by molar-refractivity contribution is 7.88. The number of benzene rings is 1. The second-order valence-corrected chi connectivity index (χ2v) is 8.12. The van der Waals surface area contributed by atoms with Crippen molar-refractivity contribution in [1.82, 2.24) is 4.31 Å². The highest BCUT2D eigenvalue weighted by Crippen LogP contribution is 2.21. The Morgan fingerprint density at radius 2 is 1.63 bits per heavy atom. The first kappa shape index (κ1) is 14.4. The average Bonchev–Trinajstić information content (AvgIpc) is 2.22. The molecular formula is C11H15NO5S2. The van der Waals surface area contributed by atoms with Gasteiger partial charge in [-0.15, -0.1) is 0 Å². The summed E-state index contributed by atoms with van der Waals surface area (Å²) in [6.45, 7) is 2.00. The fourth-order valence-corrected chi connectivity index (χ4v) is 3.61. The number of sulfonamides is 1. The molecule has 0 saturated carbocycles. The first-order valence-corrected chi connectivity index (χ1v) is 8.89. The van der Waals surface area contributed by atoms with E-state index in [0.717, 1.165) is 11.8 Å². The van der Waals surface area contributed by atoms with E-state index in [1.54, 1.807) is 12.1 Å². The Balaban J connectivity index is 2.03. The van der Waals surface area contributed by atoms with Gasteiger partial charge in [-0.1, -0.05) is 17.7 Å². The van der Waals surface area contributed by atoms with Crippen LogP contribution >= 0.6 is 0 Å². The van der Waals surface area contributed by atoms with Crippen molar-refractivity contribution in [1.29, 1.82) is 0 Å². The molecule has 1 aliphatic rings. The van der Waals surface area contributed by atoms with E-state index < -0.39 is 26.2 Å². The predicted octanol–water partition coefficient (Wildman–Crippen LogP) is 0.344. The van der Waals surface area contributed by atoms with E-state index >= 15 is 0 Å². The van der Waals surface area contributed by atoms with Crippen molar-refractivity contribution in [3.63, 3.8) is 0 Å². The zero-order chi connectivity index (χ0) is 14.3. The standard InChI is InChI=1S/C11H15NO5S2/c1-9-3-5-11(6-4-9)19(15,16)17-10-7-12(8-10)18(2,13)14/h3-6,10H,7-8H2,1-2H3. The molecule has 8 heteroatoms. The van der Waals surface area contributed by atoms with Gasteiger partial charge in [0.15, 0.2) is 0 Å². The minimum absolute atomic E-state index is 0.0733. The van der Waals surface area contributed by atoms with Crippen LogP contribution in [0.3, 0.4) is 0 Å². The molecule has 0 atom stereocenters. The summed E-state index contributed by atoms with van der Waals surface area (Å²) in [6.07, 6.45) is 0.471. The molecule has 6 nitrogen and oxygen atoms in total. The lowest BCUT2D eigenvalue weighted by Gasteiger charge is -2.35. The molecule has 0 unspecified atom stereocenters. The van der Waals surface area contributed by atoms with Crippen LogP contribution in [0.1, 0.15) is 5.56 Å². The van der Waals surface area contributed by atoms with Crippen LogP contribution in [-0.2, 0) is 24.3 Å². The molecule has 1 fully saturated rings. The van der Waals surface area contributed by atoms with Gasteiger partial charge in [0.25, 0.3) is 10.1 Å². The van der Waals surface area contributed by atoms with Gasteiger partial charge in [0, 0.05) is 13.1 Å². The largest absolute Gasteiger partial charge is 0.297 e. The number of aryl methyl sites for hydroxylation is 1. The zero-order valence-corrected chi connectivity index (χ0v) is 12.2. The molecule has 1 saturated heterocycles. The number of rotatable bonds is 4. The van der Waals surface area contributed by atoms with Crippen molar-refractivity contribution in [2.24, 2.45) is 0 Å². The second-order valence-electron chi connectivity index (χ2n) is 4.57. The summed E-state index contributed by atoms with van der Waals surface area (Å²) in [7, 11) is -7.09. The van der Waals surface area contributed by atoms with Gasteiger partial charge in [0.1, 0.15) is 6.10 Å².